The van der Waals surface area contributed by atoms with Crippen LogP contribution in [0.2, 0.25) is 0 Å². The fraction of sp³-hybridized carbons (Fsp3) is 0.238. The molecule has 4 rings (SSSR count). The molecule has 0 spiro atoms. The average Bonchev–Trinajstić information content (AvgIpc) is 3.42. The molecule has 3 aromatic rings. The molecule has 0 saturated heterocycles. The van der Waals surface area contributed by atoms with E-state index < -0.39 is 17.7 Å². The van der Waals surface area contributed by atoms with Gasteiger partial charge in [0.2, 0.25) is 0 Å². The van der Waals surface area contributed by atoms with Crippen LogP contribution in [-0.4, -0.2) is 16.1 Å². The van der Waals surface area contributed by atoms with Crippen molar-refractivity contribution < 1.29 is 23.1 Å². The second kappa shape index (κ2) is 7.05. The third-order valence-corrected chi connectivity index (χ3v) is 5.91. The van der Waals surface area contributed by atoms with Gasteiger partial charge in [0.1, 0.15) is 0 Å². The van der Waals surface area contributed by atoms with E-state index in [9.17, 15) is 18.0 Å². The van der Waals surface area contributed by atoms with E-state index in [1.165, 1.54) is 17.0 Å². The summed E-state index contributed by atoms with van der Waals surface area (Å²) in [6.45, 7) is 0. The number of carbonyl (C=O) groups is 1. The molecule has 0 radical (unpaired) electrons. The maximum absolute atomic E-state index is 12.7. The lowest BCUT2D eigenvalue weighted by molar-refractivity contribution is -0.137. The van der Waals surface area contributed by atoms with Gasteiger partial charge < -0.3 is 5.11 Å². The quantitative estimate of drug-likeness (QED) is 0.569. The third kappa shape index (κ3) is 3.94. The van der Waals surface area contributed by atoms with Crippen molar-refractivity contribution in [3.8, 4) is 11.3 Å². The second-order valence-electron chi connectivity index (χ2n) is 6.85. The van der Waals surface area contributed by atoms with Gasteiger partial charge in [0.05, 0.1) is 21.8 Å². The molecule has 0 bridgehead atoms. The molecule has 144 valence electrons. The van der Waals surface area contributed by atoms with E-state index in [2.05, 4.69) is 0 Å². The minimum Gasteiger partial charge on any atom is -0.478 e. The number of alkyl halides is 3. The van der Waals surface area contributed by atoms with Gasteiger partial charge in [-0.2, -0.15) is 13.2 Å². The number of halogens is 3. The fourth-order valence-corrected chi connectivity index (χ4v) is 4.33. The lowest BCUT2D eigenvalue weighted by Crippen LogP contribution is -2.04. The number of hydrogen-bond acceptors (Lipinski definition) is 3. The number of rotatable bonds is 5. The highest BCUT2D eigenvalue weighted by atomic mass is 32.1. The summed E-state index contributed by atoms with van der Waals surface area (Å²) < 4.78 is 38.2. The first-order valence-corrected chi connectivity index (χ1v) is 9.62. The van der Waals surface area contributed by atoms with Gasteiger partial charge in [-0.1, -0.05) is 24.3 Å². The molecule has 7 heteroatoms. The molecule has 3 nitrogen and oxygen atoms in total. The normalized spacial score (nSPS) is 14.2. The van der Waals surface area contributed by atoms with Crippen molar-refractivity contribution in [1.29, 1.82) is 0 Å². The van der Waals surface area contributed by atoms with Crippen LogP contribution < -0.4 is 0 Å². The molecular weight excluding hydrogens is 387 g/mol. The third-order valence-electron chi connectivity index (χ3n) is 4.69. The van der Waals surface area contributed by atoms with E-state index in [-0.39, 0.29) is 5.56 Å². The molecule has 1 N–H and O–H groups in total. The zero-order valence-corrected chi connectivity index (χ0v) is 15.5. The lowest BCUT2D eigenvalue weighted by Gasteiger charge is -2.06. The van der Waals surface area contributed by atoms with Crippen LogP contribution in [0.4, 0.5) is 13.2 Å². The minimum atomic E-state index is -4.34. The van der Waals surface area contributed by atoms with Crippen LogP contribution in [-0.2, 0) is 12.6 Å². The topological polar surface area (TPSA) is 50.2 Å². The number of thiazole rings is 1. The first-order valence-electron chi connectivity index (χ1n) is 8.81. The fourth-order valence-electron chi connectivity index (χ4n) is 3.04. The molecule has 1 aromatic heterocycles. The molecule has 1 fully saturated rings. The Morgan fingerprint density at radius 1 is 1.07 bits per heavy atom. The summed E-state index contributed by atoms with van der Waals surface area (Å²) in [6, 6.07) is 11.8. The van der Waals surface area contributed by atoms with Gasteiger partial charge in [-0.05, 0) is 48.6 Å². The van der Waals surface area contributed by atoms with E-state index in [1.807, 2.05) is 0 Å². The smallest absolute Gasteiger partial charge is 0.416 e. The zero-order chi connectivity index (χ0) is 19.9. The predicted molar refractivity (Wildman–Crippen MR) is 101 cm³/mol. The first kappa shape index (κ1) is 18.7. The molecule has 0 unspecified atom stereocenters. The number of benzene rings is 2. The number of hydrogen-bond donors (Lipinski definition) is 1. The Labute approximate surface area is 163 Å². The molecule has 1 saturated carbocycles. The van der Waals surface area contributed by atoms with Crippen LogP contribution in [0.25, 0.3) is 11.3 Å². The average molecular weight is 403 g/mol. The number of aromatic carboxylic acids is 1. The first-order chi connectivity index (χ1) is 13.3. The SMILES string of the molecule is O=C(O)c1ccc(-c2nc(Cc3ccc(C(F)(F)F)cc3)sc2C2CC2)cc1. The van der Waals surface area contributed by atoms with Crippen molar-refractivity contribution in [3.05, 3.63) is 75.1 Å². The number of aromatic nitrogens is 1. The zero-order valence-electron chi connectivity index (χ0n) is 14.7. The summed E-state index contributed by atoms with van der Waals surface area (Å²) in [5.74, 6) is -0.511. The molecule has 28 heavy (non-hydrogen) atoms. The van der Waals surface area contributed by atoms with Crippen LogP contribution in [0.15, 0.2) is 48.5 Å². The predicted octanol–water partition coefficient (Wildman–Crippen LogP) is 6.00. The number of nitrogens with zero attached hydrogens (tertiary/aromatic N) is 1. The van der Waals surface area contributed by atoms with Gasteiger partial charge in [0.25, 0.3) is 0 Å². The highest BCUT2D eigenvalue weighted by molar-refractivity contribution is 7.12. The summed E-state index contributed by atoms with van der Waals surface area (Å²) >= 11 is 1.59. The molecule has 1 aliphatic rings. The van der Waals surface area contributed by atoms with Crippen molar-refractivity contribution in [2.24, 2.45) is 0 Å². The van der Waals surface area contributed by atoms with Gasteiger partial charge in [0, 0.05) is 16.9 Å². The van der Waals surface area contributed by atoms with Gasteiger partial charge in [0.15, 0.2) is 0 Å². The lowest BCUT2D eigenvalue weighted by atomic mass is 10.1. The Kier molecular flexibility index (Phi) is 4.71. The van der Waals surface area contributed by atoms with E-state index in [4.69, 9.17) is 10.1 Å². The minimum absolute atomic E-state index is 0.219. The maximum atomic E-state index is 12.7. The van der Waals surface area contributed by atoms with Crippen LogP contribution >= 0.6 is 11.3 Å². The van der Waals surface area contributed by atoms with Gasteiger partial charge >= 0.3 is 12.1 Å². The summed E-state index contributed by atoms with van der Waals surface area (Å²) in [5, 5.41) is 9.90. The highest BCUT2D eigenvalue weighted by Gasteiger charge is 2.31. The molecule has 2 aromatic carbocycles. The summed E-state index contributed by atoms with van der Waals surface area (Å²) in [7, 11) is 0. The van der Waals surface area contributed by atoms with Crippen molar-refractivity contribution in [2.45, 2.75) is 31.4 Å². The van der Waals surface area contributed by atoms with Gasteiger partial charge in [-0.3, -0.25) is 0 Å². The summed E-state index contributed by atoms with van der Waals surface area (Å²) in [5.41, 5.74) is 2.05. The second-order valence-corrected chi connectivity index (χ2v) is 7.96. The van der Waals surface area contributed by atoms with Crippen LogP contribution in [0.1, 0.15) is 50.1 Å². The molecule has 1 heterocycles. The van der Waals surface area contributed by atoms with Gasteiger partial charge in [-0.25, -0.2) is 9.78 Å². The highest BCUT2D eigenvalue weighted by Crippen LogP contribution is 2.47. The molecule has 1 aliphatic carbocycles. The van der Waals surface area contributed by atoms with E-state index >= 15 is 0 Å². The molecular formula is C21H16F3NO2S. The van der Waals surface area contributed by atoms with E-state index in [0.29, 0.717) is 12.3 Å². The van der Waals surface area contributed by atoms with Crippen molar-refractivity contribution in [3.63, 3.8) is 0 Å². The standard InChI is InChI=1S/C21H16F3NO2S/c22-21(23,24)16-9-1-12(2-10-16)11-17-25-18(19(28-17)14-5-6-14)13-3-7-15(8-4-13)20(26)27/h1-4,7-10,14H,5-6,11H2,(H,26,27). The van der Waals surface area contributed by atoms with Crippen molar-refractivity contribution in [1.82, 2.24) is 4.98 Å². The van der Waals surface area contributed by atoms with E-state index in [1.54, 1.807) is 35.6 Å². The Hall–Kier alpha value is -2.67. The monoisotopic (exact) mass is 403 g/mol. The molecule has 0 amide bonds. The van der Waals surface area contributed by atoms with Crippen LogP contribution in [0.3, 0.4) is 0 Å². The molecule has 0 aliphatic heterocycles. The molecule has 0 atom stereocenters. The van der Waals surface area contributed by atoms with Crippen LogP contribution in [0, 0.1) is 0 Å². The van der Waals surface area contributed by atoms with E-state index in [0.717, 1.165) is 46.8 Å². The Bertz CT molecular complexity index is 1000. The summed E-state index contributed by atoms with van der Waals surface area (Å²) in [6.07, 6.45) is -1.67. The van der Waals surface area contributed by atoms with Crippen LogP contribution in [0.5, 0.6) is 0 Å². The number of carboxylic acids is 1. The maximum Gasteiger partial charge on any atom is 0.416 e. The largest absolute Gasteiger partial charge is 0.478 e. The summed E-state index contributed by atoms with van der Waals surface area (Å²) in [4.78, 5) is 16.9. The Balaban J connectivity index is 1.61. The number of carboxylic acid groups (broad SMARTS) is 1. The van der Waals surface area contributed by atoms with Crippen molar-refractivity contribution in [2.75, 3.05) is 0 Å². The Morgan fingerprint density at radius 3 is 2.25 bits per heavy atom. The Morgan fingerprint density at radius 2 is 1.71 bits per heavy atom. The van der Waals surface area contributed by atoms with Gasteiger partial charge in [-0.15, -0.1) is 11.3 Å². The van der Waals surface area contributed by atoms with Crippen molar-refractivity contribution >= 4 is 17.3 Å².